The predicted octanol–water partition coefficient (Wildman–Crippen LogP) is 24.5. The quantitative estimate of drug-likeness (QED) is 0.0211. The van der Waals surface area contributed by atoms with E-state index in [2.05, 4.69) is 269 Å². The van der Waals surface area contributed by atoms with Crippen LogP contribution in [-0.2, 0) is 32.7 Å². The van der Waals surface area contributed by atoms with Gasteiger partial charge in [0.2, 0.25) is 0 Å². The van der Waals surface area contributed by atoms with Gasteiger partial charge in [-0.2, -0.15) is 0 Å². The zero-order valence-electron chi connectivity index (χ0n) is 60.5. The van der Waals surface area contributed by atoms with Gasteiger partial charge in [0.15, 0.2) is 6.10 Å². The molecule has 0 rings (SSSR count). The second-order valence-electron chi connectivity index (χ2n) is 24.2. The van der Waals surface area contributed by atoms with Gasteiger partial charge in [0.25, 0.3) is 0 Å². The molecular formula is C86H131NO8P+. The van der Waals surface area contributed by atoms with Crippen molar-refractivity contribution >= 4 is 19.8 Å². The summed E-state index contributed by atoms with van der Waals surface area (Å²) >= 11 is 0. The molecule has 0 heterocycles. The largest absolute Gasteiger partial charge is 0.472 e. The van der Waals surface area contributed by atoms with Crippen LogP contribution in [0.1, 0.15) is 219 Å². The molecule has 0 saturated carbocycles. The Morgan fingerprint density at radius 1 is 0.323 bits per heavy atom. The van der Waals surface area contributed by atoms with E-state index < -0.39 is 32.5 Å². The molecule has 1 N–H and O–H groups in total. The number of hydrogen-bond acceptors (Lipinski definition) is 7. The zero-order valence-corrected chi connectivity index (χ0v) is 61.4. The summed E-state index contributed by atoms with van der Waals surface area (Å²) in [6.45, 7) is 4.09. The molecule has 0 spiro atoms. The van der Waals surface area contributed by atoms with Gasteiger partial charge in [0.05, 0.1) is 27.7 Å². The van der Waals surface area contributed by atoms with Crippen LogP contribution in [0.2, 0.25) is 0 Å². The van der Waals surface area contributed by atoms with Crippen LogP contribution in [0, 0.1) is 0 Å². The van der Waals surface area contributed by atoms with E-state index >= 15 is 0 Å². The molecule has 96 heavy (non-hydrogen) atoms. The van der Waals surface area contributed by atoms with E-state index in [0.717, 1.165) is 180 Å². The van der Waals surface area contributed by atoms with Crippen LogP contribution >= 0.6 is 7.82 Å². The highest BCUT2D eigenvalue weighted by Crippen LogP contribution is 2.43. The number of phosphoric ester groups is 1. The van der Waals surface area contributed by atoms with E-state index in [1.807, 2.05) is 21.1 Å². The second kappa shape index (κ2) is 72.8. The minimum absolute atomic E-state index is 0.00490. The summed E-state index contributed by atoms with van der Waals surface area (Å²) in [5, 5.41) is 0. The molecule has 2 unspecified atom stereocenters. The Morgan fingerprint density at radius 2 is 0.562 bits per heavy atom. The molecule has 532 valence electrons. The van der Waals surface area contributed by atoms with Gasteiger partial charge in [0, 0.05) is 12.8 Å². The number of rotatable bonds is 63. The van der Waals surface area contributed by atoms with E-state index in [1.54, 1.807) is 0 Å². The molecular weight excluding hydrogens is 1210 g/mol. The lowest BCUT2D eigenvalue weighted by Gasteiger charge is -2.24. The summed E-state index contributed by atoms with van der Waals surface area (Å²) < 4.78 is 34.6. The number of esters is 2. The van der Waals surface area contributed by atoms with Gasteiger partial charge in [-0.3, -0.25) is 18.6 Å². The summed E-state index contributed by atoms with van der Waals surface area (Å²) in [6, 6.07) is 0. The van der Waals surface area contributed by atoms with E-state index in [1.165, 1.54) is 0 Å². The third-order valence-corrected chi connectivity index (χ3v) is 15.0. The maximum absolute atomic E-state index is 12.9. The van der Waals surface area contributed by atoms with Gasteiger partial charge < -0.3 is 18.9 Å². The van der Waals surface area contributed by atoms with Crippen molar-refractivity contribution in [2.24, 2.45) is 0 Å². The van der Waals surface area contributed by atoms with Crippen molar-refractivity contribution < 1.29 is 42.1 Å². The van der Waals surface area contributed by atoms with Crippen LogP contribution in [0.5, 0.6) is 0 Å². The average Bonchev–Trinajstić information content (AvgIpc) is 1.98. The van der Waals surface area contributed by atoms with Gasteiger partial charge in [-0.15, -0.1) is 0 Å². The van der Waals surface area contributed by atoms with Crippen molar-refractivity contribution in [2.45, 2.75) is 225 Å². The molecule has 0 aliphatic carbocycles. The van der Waals surface area contributed by atoms with Crippen molar-refractivity contribution in [2.75, 3.05) is 47.5 Å². The number of unbranched alkanes of at least 4 members (excludes halogenated alkanes) is 7. The van der Waals surface area contributed by atoms with E-state index in [0.29, 0.717) is 23.9 Å². The highest BCUT2D eigenvalue weighted by Gasteiger charge is 2.27. The third kappa shape index (κ3) is 76.6. The number of allylic oxidation sites excluding steroid dienone is 42. The predicted molar refractivity (Wildman–Crippen MR) is 416 cm³/mol. The molecule has 0 amide bonds. The monoisotopic (exact) mass is 1340 g/mol. The van der Waals surface area contributed by atoms with E-state index in [-0.39, 0.29) is 26.1 Å². The van der Waals surface area contributed by atoms with Crippen molar-refractivity contribution in [1.29, 1.82) is 0 Å². The number of ether oxygens (including phenoxy) is 2. The standard InChI is InChI=1S/C86H130NO8P/c1-6-8-10-12-14-16-18-20-22-24-26-28-30-32-34-36-38-40-41-42-43-44-45-47-49-51-53-55-57-59-61-63-65-67-69-71-73-75-77-79-86(89)95-84(83-94-96(90,91)93-81-80-87(3,4)5)82-92-85(88)78-76-74-72-70-68-66-64-62-60-58-56-54-52-50-48-46-39-37-35-33-31-29-27-25-23-21-19-17-15-13-11-9-7-2/h8-11,14-17,20-23,26-29,32-35,38-40,42-43,45-47,50-53,56-59,62-65,68,70,84H,6-7,12-13,18-19,24-25,30-31,36-37,41,44,48-49,54-55,60-61,66-67,69,71-83H2,1-5H3/p+1/b10-8-,11-9-,16-14-,17-15-,22-20-,23-21-,28-26-,29-27-,34-32-,35-33-,40-38-,43-42-,46-39-,47-45-,52-50-,53-51-,58-56-,59-57-,64-62-,65-63-,70-68-. The lowest BCUT2D eigenvalue weighted by Crippen LogP contribution is -2.37. The zero-order chi connectivity index (χ0) is 69.7. The van der Waals surface area contributed by atoms with Crippen LogP contribution in [-0.4, -0.2) is 74.9 Å². The molecule has 0 aliphatic heterocycles. The Kier molecular flexibility index (Phi) is 67.9. The topological polar surface area (TPSA) is 108 Å². The van der Waals surface area contributed by atoms with E-state index in [4.69, 9.17) is 18.5 Å². The Hall–Kier alpha value is -6.45. The van der Waals surface area contributed by atoms with E-state index in [9.17, 15) is 19.0 Å². The fourth-order valence-corrected chi connectivity index (χ4v) is 9.32. The fraction of sp³-hybridized carbons (Fsp3) is 0.488. The number of carbonyl (C=O) groups is 2. The first-order valence-corrected chi connectivity index (χ1v) is 37.9. The average molecular weight is 1340 g/mol. The number of nitrogens with zero attached hydrogens (tertiary/aromatic N) is 1. The first kappa shape index (κ1) is 89.5. The maximum Gasteiger partial charge on any atom is 0.472 e. The molecule has 0 aromatic heterocycles. The highest BCUT2D eigenvalue weighted by molar-refractivity contribution is 7.47. The number of likely N-dealkylation sites (N-methyl/N-ethyl adjacent to an activating group) is 1. The van der Waals surface area contributed by atoms with Crippen LogP contribution in [0.4, 0.5) is 0 Å². The van der Waals surface area contributed by atoms with Crippen LogP contribution in [0.25, 0.3) is 0 Å². The number of phosphoric acid groups is 1. The molecule has 2 atom stereocenters. The molecule has 0 saturated heterocycles. The van der Waals surface area contributed by atoms with Gasteiger partial charge >= 0.3 is 19.8 Å². The molecule has 0 aromatic rings. The van der Waals surface area contributed by atoms with Crippen LogP contribution < -0.4 is 0 Å². The van der Waals surface area contributed by atoms with Crippen molar-refractivity contribution in [3.05, 3.63) is 255 Å². The Bertz CT molecular complexity index is 2570. The number of quaternary nitrogens is 1. The van der Waals surface area contributed by atoms with Crippen molar-refractivity contribution in [3.63, 3.8) is 0 Å². The molecule has 0 radical (unpaired) electrons. The maximum atomic E-state index is 12.9. The summed E-state index contributed by atoms with van der Waals surface area (Å²) in [7, 11) is 1.40. The molecule has 0 aromatic carbocycles. The SMILES string of the molecule is CC/C=C\C/C=C\C/C=C\C/C=C\C/C=C\C/C=C\C/C=C\C/C=C\C/C=C\C/C=C\C/C=C\CCCCCCCC(=O)OC(COC(=O)CCCC/C=C\C/C=C\C/C=C\C/C=C\C/C=C\C/C=C\C/C=C\C/C=C\C/C=C\C/C=C\CC)COP(=O)(O)OCC[N+](C)(C)C. The van der Waals surface area contributed by atoms with Crippen molar-refractivity contribution in [1.82, 2.24) is 0 Å². The van der Waals surface area contributed by atoms with Gasteiger partial charge in [-0.1, -0.05) is 288 Å². The Balaban J connectivity index is 4.28. The van der Waals surface area contributed by atoms with Crippen LogP contribution in [0.15, 0.2) is 255 Å². The molecule has 0 bridgehead atoms. The minimum Gasteiger partial charge on any atom is -0.462 e. The summed E-state index contributed by atoms with van der Waals surface area (Å²) in [4.78, 5) is 35.9. The van der Waals surface area contributed by atoms with Crippen LogP contribution in [0.3, 0.4) is 0 Å². The number of hydrogen-bond donors (Lipinski definition) is 1. The van der Waals surface area contributed by atoms with Gasteiger partial charge in [-0.05, 0) is 173 Å². The Morgan fingerprint density at radius 3 is 0.854 bits per heavy atom. The smallest absolute Gasteiger partial charge is 0.462 e. The number of carbonyl (C=O) groups excluding carboxylic acids is 2. The molecule has 0 aliphatic rings. The second-order valence-corrected chi connectivity index (χ2v) is 25.6. The highest BCUT2D eigenvalue weighted by atomic mass is 31.2. The first-order chi connectivity index (χ1) is 47.0. The summed E-state index contributed by atoms with van der Waals surface area (Å²) in [5.41, 5.74) is 0. The third-order valence-electron chi connectivity index (χ3n) is 14.1. The summed E-state index contributed by atoms with van der Waals surface area (Å²) in [6.07, 6.45) is 121. The molecule has 10 heteroatoms. The van der Waals surface area contributed by atoms with Gasteiger partial charge in [0.1, 0.15) is 19.8 Å². The fourth-order valence-electron chi connectivity index (χ4n) is 8.58. The molecule has 9 nitrogen and oxygen atoms in total. The Labute approximate surface area is 586 Å². The first-order valence-electron chi connectivity index (χ1n) is 36.4. The molecule has 0 fully saturated rings. The lowest BCUT2D eigenvalue weighted by molar-refractivity contribution is -0.870. The van der Waals surface area contributed by atoms with Gasteiger partial charge in [-0.25, -0.2) is 4.57 Å². The normalized spacial score (nSPS) is 14.6. The van der Waals surface area contributed by atoms with Crippen molar-refractivity contribution in [3.8, 4) is 0 Å². The summed E-state index contributed by atoms with van der Waals surface area (Å²) in [5.74, 6) is -0.895. The minimum atomic E-state index is -4.43. The lowest BCUT2D eigenvalue weighted by atomic mass is 10.1.